The highest BCUT2D eigenvalue weighted by Crippen LogP contribution is 2.27. The summed E-state index contributed by atoms with van der Waals surface area (Å²) >= 11 is 3.57. The molecule has 0 radical (unpaired) electrons. The Morgan fingerprint density at radius 3 is 2.83 bits per heavy atom. The van der Waals surface area contributed by atoms with Gasteiger partial charge >= 0.3 is 0 Å². The van der Waals surface area contributed by atoms with Crippen LogP contribution < -0.4 is 9.64 Å². The van der Waals surface area contributed by atoms with E-state index >= 15 is 0 Å². The van der Waals surface area contributed by atoms with Crippen molar-refractivity contribution in [2.45, 2.75) is 11.8 Å². The van der Waals surface area contributed by atoms with Crippen LogP contribution in [0, 0.1) is 0 Å². The Kier molecular flexibility index (Phi) is 4.07. The van der Waals surface area contributed by atoms with Gasteiger partial charge in [-0.2, -0.15) is 0 Å². The lowest BCUT2D eigenvalue weighted by molar-refractivity contribution is 0.415. The van der Waals surface area contributed by atoms with Gasteiger partial charge in [0.05, 0.1) is 7.11 Å². The first kappa shape index (κ1) is 13.1. The van der Waals surface area contributed by atoms with Crippen molar-refractivity contribution in [3.63, 3.8) is 0 Å². The number of methoxy groups -OCH3 is 1. The van der Waals surface area contributed by atoms with Gasteiger partial charge in [-0.05, 0) is 29.7 Å². The summed E-state index contributed by atoms with van der Waals surface area (Å²) in [4.78, 5) is 7.07. The molecule has 0 fully saturated rings. The monoisotopic (exact) mass is 308 g/mol. The standard InChI is InChI=1S/C14H17BrN2O/c1-10(15)9-17(2)14-13-5-4-12(18-3)8-11(13)6-7-16-14/h4-8,10H,9H2,1-3H3. The number of ether oxygens (including phenoxy) is 1. The molecule has 0 aliphatic carbocycles. The van der Waals surface area contributed by atoms with Gasteiger partial charge in [0.15, 0.2) is 0 Å². The van der Waals surface area contributed by atoms with E-state index in [4.69, 9.17) is 4.74 Å². The fraction of sp³-hybridized carbons (Fsp3) is 0.357. The van der Waals surface area contributed by atoms with Crippen LogP contribution in [-0.4, -0.2) is 30.5 Å². The average Bonchev–Trinajstić information content (AvgIpc) is 2.36. The number of hydrogen-bond acceptors (Lipinski definition) is 3. The maximum Gasteiger partial charge on any atom is 0.136 e. The van der Waals surface area contributed by atoms with Gasteiger partial charge in [0.25, 0.3) is 0 Å². The summed E-state index contributed by atoms with van der Waals surface area (Å²) in [6, 6.07) is 8.07. The van der Waals surface area contributed by atoms with Crippen LogP contribution in [0.2, 0.25) is 0 Å². The summed E-state index contributed by atoms with van der Waals surface area (Å²) < 4.78 is 5.25. The van der Waals surface area contributed by atoms with Crippen LogP contribution in [0.1, 0.15) is 6.92 Å². The maximum atomic E-state index is 5.25. The number of anilines is 1. The van der Waals surface area contributed by atoms with E-state index < -0.39 is 0 Å². The SMILES string of the molecule is COc1ccc2c(N(C)CC(C)Br)nccc2c1. The second-order valence-electron chi connectivity index (χ2n) is 4.38. The molecule has 1 aromatic heterocycles. The van der Waals surface area contributed by atoms with Crippen molar-refractivity contribution >= 4 is 32.5 Å². The number of aromatic nitrogens is 1. The topological polar surface area (TPSA) is 25.4 Å². The molecule has 0 saturated heterocycles. The van der Waals surface area contributed by atoms with Crippen LogP contribution in [0.5, 0.6) is 5.75 Å². The van der Waals surface area contributed by atoms with E-state index in [1.807, 2.05) is 24.4 Å². The number of rotatable bonds is 4. The van der Waals surface area contributed by atoms with Crippen molar-refractivity contribution in [3.8, 4) is 5.75 Å². The molecule has 1 unspecified atom stereocenters. The second-order valence-corrected chi connectivity index (χ2v) is 5.95. The summed E-state index contributed by atoms with van der Waals surface area (Å²) in [5.74, 6) is 1.87. The second kappa shape index (κ2) is 5.57. The van der Waals surface area contributed by atoms with E-state index in [0.717, 1.165) is 28.9 Å². The summed E-state index contributed by atoms with van der Waals surface area (Å²) in [6.45, 7) is 3.04. The molecule has 96 valence electrons. The van der Waals surface area contributed by atoms with E-state index in [-0.39, 0.29) is 0 Å². The van der Waals surface area contributed by atoms with Gasteiger partial charge in [0.1, 0.15) is 11.6 Å². The Balaban J connectivity index is 2.45. The lowest BCUT2D eigenvalue weighted by Crippen LogP contribution is -2.24. The third kappa shape index (κ3) is 2.75. The maximum absolute atomic E-state index is 5.25. The Bertz CT molecular complexity index is 542. The lowest BCUT2D eigenvalue weighted by atomic mass is 10.1. The first-order valence-electron chi connectivity index (χ1n) is 5.90. The van der Waals surface area contributed by atoms with Gasteiger partial charge in [-0.1, -0.05) is 22.9 Å². The van der Waals surface area contributed by atoms with Gasteiger partial charge in [0.2, 0.25) is 0 Å². The van der Waals surface area contributed by atoms with Gasteiger partial charge in [-0.25, -0.2) is 4.98 Å². The Hall–Kier alpha value is -1.29. The molecule has 0 amide bonds. The lowest BCUT2D eigenvalue weighted by Gasteiger charge is -2.21. The van der Waals surface area contributed by atoms with Gasteiger partial charge < -0.3 is 9.64 Å². The Morgan fingerprint density at radius 1 is 1.39 bits per heavy atom. The molecule has 18 heavy (non-hydrogen) atoms. The molecular formula is C14H17BrN2O. The largest absolute Gasteiger partial charge is 0.497 e. The van der Waals surface area contributed by atoms with Crippen molar-refractivity contribution in [3.05, 3.63) is 30.5 Å². The van der Waals surface area contributed by atoms with Crippen LogP contribution in [0.3, 0.4) is 0 Å². The molecule has 0 aliphatic heterocycles. The van der Waals surface area contributed by atoms with Crippen LogP contribution >= 0.6 is 15.9 Å². The first-order valence-corrected chi connectivity index (χ1v) is 6.81. The molecule has 1 atom stereocenters. The quantitative estimate of drug-likeness (QED) is 0.809. The van der Waals surface area contributed by atoms with E-state index in [0.29, 0.717) is 4.83 Å². The fourth-order valence-corrected chi connectivity index (χ4v) is 2.47. The highest BCUT2D eigenvalue weighted by molar-refractivity contribution is 9.09. The number of benzene rings is 1. The van der Waals surface area contributed by atoms with E-state index in [2.05, 4.69) is 45.9 Å². The predicted octanol–water partition coefficient (Wildman–Crippen LogP) is 3.46. The zero-order valence-corrected chi connectivity index (χ0v) is 12.4. The van der Waals surface area contributed by atoms with Gasteiger partial charge in [-0.15, -0.1) is 0 Å². The van der Waals surface area contributed by atoms with Crippen molar-refractivity contribution in [2.24, 2.45) is 0 Å². The Labute approximate surface area is 116 Å². The van der Waals surface area contributed by atoms with Gasteiger partial charge in [-0.3, -0.25) is 0 Å². The highest BCUT2D eigenvalue weighted by atomic mass is 79.9. The molecule has 3 nitrogen and oxygen atoms in total. The fourth-order valence-electron chi connectivity index (χ4n) is 2.04. The molecule has 1 heterocycles. The van der Waals surface area contributed by atoms with E-state index in [1.165, 1.54) is 0 Å². The Morgan fingerprint density at radius 2 is 2.17 bits per heavy atom. The summed E-state index contributed by atoms with van der Waals surface area (Å²) in [7, 11) is 3.74. The zero-order valence-electron chi connectivity index (χ0n) is 10.9. The molecule has 2 rings (SSSR count). The molecular weight excluding hydrogens is 292 g/mol. The number of alkyl halides is 1. The summed E-state index contributed by atoms with van der Waals surface area (Å²) in [5.41, 5.74) is 0. The van der Waals surface area contributed by atoms with Crippen molar-refractivity contribution < 1.29 is 4.74 Å². The van der Waals surface area contributed by atoms with E-state index in [9.17, 15) is 0 Å². The molecule has 1 aromatic carbocycles. The van der Waals surface area contributed by atoms with Gasteiger partial charge in [0, 0.05) is 30.0 Å². The average molecular weight is 309 g/mol. The highest BCUT2D eigenvalue weighted by Gasteiger charge is 2.10. The van der Waals surface area contributed by atoms with Crippen molar-refractivity contribution in [1.82, 2.24) is 4.98 Å². The predicted molar refractivity (Wildman–Crippen MR) is 80.0 cm³/mol. The molecule has 4 heteroatoms. The van der Waals surface area contributed by atoms with E-state index in [1.54, 1.807) is 7.11 Å². The number of halogens is 1. The van der Waals surface area contributed by atoms with Crippen LogP contribution in [0.15, 0.2) is 30.5 Å². The number of hydrogen-bond donors (Lipinski definition) is 0. The van der Waals surface area contributed by atoms with Crippen molar-refractivity contribution in [2.75, 3.05) is 25.6 Å². The molecule has 0 spiro atoms. The summed E-state index contributed by atoms with van der Waals surface area (Å²) in [5, 5.41) is 2.29. The molecule has 2 aromatic rings. The van der Waals surface area contributed by atoms with Crippen molar-refractivity contribution in [1.29, 1.82) is 0 Å². The molecule has 0 N–H and O–H groups in total. The third-order valence-corrected chi connectivity index (χ3v) is 3.13. The molecule has 0 aliphatic rings. The van der Waals surface area contributed by atoms with Crippen LogP contribution in [0.25, 0.3) is 10.8 Å². The minimum atomic E-state index is 0.429. The first-order chi connectivity index (χ1) is 8.61. The number of fused-ring (bicyclic) bond motifs is 1. The minimum absolute atomic E-state index is 0.429. The molecule has 0 bridgehead atoms. The third-order valence-electron chi connectivity index (χ3n) is 2.84. The normalized spacial score (nSPS) is 12.4. The number of pyridine rings is 1. The van der Waals surface area contributed by atoms with Crippen LogP contribution in [0.4, 0.5) is 5.82 Å². The minimum Gasteiger partial charge on any atom is -0.497 e. The summed E-state index contributed by atoms with van der Waals surface area (Å²) in [6.07, 6.45) is 1.84. The van der Waals surface area contributed by atoms with Crippen LogP contribution in [-0.2, 0) is 0 Å². The zero-order chi connectivity index (χ0) is 13.1. The smallest absolute Gasteiger partial charge is 0.136 e. The molecule has 0 saturated carbocycles. The number of nitrogens with zero attached hydrogens (tertiary/aromatic N) is 2.